The second-order valence-electron chi connectivity index (χ2n) is 3.48. The third-order valence-electron chi connectivity index (χ3n) is 2.17. The van der Waals surface area contributed by atoms with Gasteiger partial charge in [0.2, 0.25) is 0 Å². The molecule has 18 heavy (non-hydrogen) atoms. The van der Waals surface area contributed by atoms with Crippen LogP contribution in [0.4, 0.5) is 5.82 Å². The molecule has 0 radical (unpaired) electrons. The zero-order valence-corrected chi connectivity index (χ0v) is 10.8. The molecule has 2 rings (SSSR count). The predicted molar refractivity (Wildman–Crippen MR) is 68.8 cm³/mol. The molecule has 0 unspecified atom stereocenters. The first-order chi connectivity index (χ1) is 8.62. The van der Waals surface area contributed by atoms with Crippen molar-refractivity contribution >= 4 is 27.4 Å². The highest BCUT2D eigenvalue weighted by Gasteiger charge is 2.14. The molecule has 0 bridgehead atoms. The first kappa shape index (κ1) is 12.8. The summed E-state index contributed by atoms with van der Waals surface area (Å²) < 4.78 is 26.4. The molecule has 5 nitrogen and oxygen atoms in total. The van der Waals surface area contributed by atoms with Crippen molar-refractivity contribution in [2.45, 2.75) is 10.8 Å². The van der Waals surface area contributed by atoms with Crippen molar-refractivity contribution in [1.29, 1.82) is 0 Å². The molecule has 1 aromatic heterocycles. The Hall–Kier alpha value is -1.66. The molecule has 0 saturated carbocycles. The number of nitrogens with zero attached hydrogens (tertiary/aromatic N) is 2. The van der Waals surface area contributed by atoms with Gasteiger partial charge in [-0.05, 0) is 17.7 Å². The van der Waals surface area contributed by atoms with Crippen molar-refractivity contribution in [2.75, 3.05) is 4.72 Å². The molecule has 0 spiro atoms. The predicted octanol–water partition coefficient (Wildman–Crippen LogP) is 2.02. The minimum absolute atomic E-state index is 0.145. The summed E-state index contributed by atoms with van der Waals surface area (Å²) in [7, 11) is -3.66. The number of rotatable bonds is 4. The summed E-state index contributed by atoms with van der Waals surface area (Å²) >= 11 is 5.67. The lowest BCUT2D eigenvalue weighted by Gasteiger charge is -2.07. The molecule has 1 N–H and O–H groups in total. The Labute approximate surface area is 110 Å². The van der Waals surface area contributed by atoms with E-state index in [0.29, 0.717) is 0 Å². The van der Waals surface area contributed by atoms with Crippen molar-refractivity contribution in [3.8, 4) is 0 Å². The van der Waals surface area contributed by atoms with E-state index in [9.17, 15) is 8.42 Å². The van der Waals surface area contributed by atoms with Crippen LogP contribution in [0.3, 0.4) is 0 Å². The molecule has 0 atom stereocenters. The maximum Gasteiger partial charge on any atom is 0.263 e. The highest BCUT2D eigenvalue weighted by atomic mass is 35.5. The molecule has 0 amide bonds. The molecule has 0 aliphatic carbocycles. The zero-order valence-electron chi connectivity index (χ0n) is 9.25. The van der Waals surface area contributed by atoms with Crippen LogP contribution in [0.1, 0.15) is 5.56 Å². The molecule has 0 aliphatic rings. The van der Waals surface area contributed by atoms with Crippen LogP contribution >= 0.6 is 11.6 Å². The average molecular weight is 284 g/mol. The van der Waals surface area contributed by atoms with E-state index in [2.05, 4.69) is 14.7 Å². The van der Waals surface area contributed by atoms with E-state index in [1.165, 1.54) is 30.7 Å². The van der Waals surface area contributed by atoms with Crippen molar-refractivity contribution in [2.24, 2.45) is 0 Å². The summed E-state index contributed by atoms with van der Waals surface area (Å²) in [6, 6.07) is 6.41. The third kappa shape index (κ3) is 2.96. The number of halogens is 1. The number of hydrogen-bond acceptors (Lipinski definition) is 4. The molecule has 1 heterocycles. The van der Waals surface area contributed by atoms with Crippen LogP contribution in [0.25, 0.3) is 0 Å². The molecule has 2 aromatic rings. The maximum absolute atomic E-state index is 12.0. The largest absolute Gasteiger partial charge is 0.263 e. The van der Waals surface area contributed by atoms with E-state index in [4.69, 9.17) is 11.6 Å². The maximum atomic E-state index is 12.0. The number of alkyl halides is 1. The number of aromatic nitrogens is 2. The van der Waals surface area contributed by atoms with Crippen LogP contribution in [0, 0.1) is 0 Å². The minimum atomic E-state index is -3.66. The normalized spacial score (nSPS) is 11.2. The fourth-order valence-electron chi connectivity index (χ4n) is 1.34. The molecular weight excluding hydrogens is 274 g/mol. The van der Waals surface area contributed by atoms with Gasteiger partial charge in [0.1, 0.15) is 0 Å². The zero-order chi connectivity index (χ0) is 13.0. The molecule has 1 aromatic carbocycles. The lowest BCUT2D eigenvalue weighted by molar-refractivity contribution is 0.601. The molecular formula is C11H10ClN3O2S. The van der Waals surface area contributed by atoms with Gasteiger partial charge in [-0.1, -0.05) is 12.1 Å². The first-order valence-electron chi connectivity index (χ1n) is 5.05. The molecule has 7 heteroatoms. The van der Waals surface area contributed by atoms with Crippen LogP contribution in [0.2, 0.25) is 0 Å². The van der Waals surface area contributed by atoms with Gasteiger partial charge < -0.3 is 0 Å². The minimum Gasteiger partial charge on any atom is -0.262 e. The summed E-state index contributed by atoms with van der Waals surface area (Å²) in [4.78, 5) is 7.78. The smallest absolute Gasteiger partial charge is 0.262 e. The number of benzene rings is 1. The standard InChI is InChI=1S/C11H10ClN3O2S/c12-7-9-2-1-3-10(6-9)18(16,17)15-11-8-13-4-5-14-11/h1-6,8H,7H2,(H,14,15). The fraction of sp³-hybridized carbons (Fsp3) is 0.0909. The Kier molecular flexibility index (Phi) is 3.78. The lowest BCUT2D eigenvalue weighted by Crippen LogP contribution is -2.14. The van der Waals surface area contributed by atoms with Crippen LogP contribution in [0.5, 0.6) is 0 Å². The summed E-state index contributed by atoms with van der Waals surface area (Å²) in [5.41, 5.74) is 0.735. The van der Waals surface area contributed by atoms with Crippen molar-refractivity contribution in [1.82, 2.24) is 9.97 Å². The Morgan fingerprint density at radius 1 is 1.28 bits per heavy atom. The van der Waals surface area contributed by atoms with E-state index in [0.717, 1.165) is 5.56 Å². The average Bonchev–Trinajstić information content (AvgIpc) is 2.39. The Bertz CT molecular complexity index is 632. The highest BCUT2D eigenvalue weighted by Crippen LogP contribution is 2.16. The van der Waals surface area contributed by atoms with Gasteiger partial charge in [-0.2, -0.15) is 0 Å². The molecule has 94 valence electrons. The van der Waals surface area contributed by atoms with E-state index in [1.54, 1.807) is 12.1 Å². The van der Waals surface area contributed by atoms with Crippen LogP contribution in [-0.4, -0.2) is 18.4 Å². The van der Waals surface area contributed by atoms with Gasteiger partial charge in [-0.3, -0.25) is 9.71 Å². The number of sulfonamides is 1. The van der Waals surface area contributed by atoms with Gasteiger partial charge in [0.15, 0.2) is 5.82 Å². The summed E-state index contributed by atoms with van der Waals surface area (Å²) in [5, 5.41) is 0. The van der Waals surface area contributed by atoms with Crippen molar-refractivity contribution in [3.05, 3.63) is 48.4 Å². The monoisotopic (exact) mass is 283 g/mol. The second kappa shape index (κ2) is 5.32. The van der Waals surface area contributed by atoms with Crippen molar-refractivity contribution < 1.29 is 8.42 Å². The highest BCUT2D eigenvalue weighted by molar-refractivity contribution is 7.92. The Morgan fingerprint density at radius 3 is 2.78 bits per heavy atom. The molecule has 0 saturated heterocycles. The van der Waals surface area contributed by atoms with Gasteiger partial charge >= 0.3 is 0 Å². The van der Waals surface area contributed by atoms with Crippen LogP contribution in [0.15, 0.2) is 47.8 Å². The first-order valence-corrected chi connectivity index (χ1v) is 7.07. The SMILES string of the molecule is O=S(=O)(Nc1cnccn1)c1cccc(CCl)c1. The van der Waals surface area contributed by atoms with Crippen molar-refractivity contribution in [3.63, 3.8) is 0 Å². The van der Waals surface area contributed by atoms with E-state index in [-0.39, 0.29) is 16.6 Å². The van der Waals surface area contributed by atoms with Crippen LogP contribution in [-0.2, 0) is 15.9 Å². The fourth-order valence-corrected chi connectivity index (χ4v) is 2.57. The second-order valence-corrected chi connectivity index (χ2v) is 5.43. The van der Waals surface area contributed by atoms with E-state index in [1.807, 2.05) is 0 Å². The number of hydrogen-bond donors (Lipinski definition) is 1. The van der Waals surface area contributed by atoms with Gasteiger partial charge in [0, 0.05) is 18.3 Å². The number of nitrogens with one attached hydrogen (secondary N) is 1. The van der Waals surface area contributed by atoms with Gasteiger partial charge in [-0.15, -0.1) is 11.6 Å². The van der Waals surface area contributed by atoms with Gasteiger partial charge in [-0.25, -0.2) is 13.4 Å². The van der Waals surface area contributed by atoms with Gasteiger partial charge in [0.05, 0.1) is 11.1 Å². The van der Waals surface area contributed by atoms with Gasteiger partial charge in [0.25, 0.3) is 10.0 Å². The lowest BCUT2D eigenvalue weighted by atomic mass is 10.2. The third-order valence-corrected chi connectivity index (χ3v) is 3.83. The van der Waals surface area contributed by atoms with E-state index < -0.39 is 10.0 Å². The topological polar surface area (TPSA) is 72.0 Å². The summed E-state index contributed by atoms with van der Waals surface area (Å²) in [6.45, 7) is 0. The van der Waals surface area contributed by atoms with E-state index >= 15 is 0 Å². The summed E-state index contributed by atoms with van der Waals surface area (Å²) in [5.74, 6) is 0.433. The quantitative estimate of drug-likeness (QED) is 0.871. The molecule has 0 aliphatic heterocycles. The summed E-state index contributed by atoms with van der Waals surface area (Å²) in [6.07, 6.45) is 4.21. The molecule has 0 fully saturated rings. The Morgan fingerprint density at radius 2 is 2.11 bits per heavy atom. The Balaban J connectivity index is 2.31. The number of anilines is 1. The van der Waals surface area contributed by atoms with Crippen LogP contribution < -0.4 is 4.72 Å².